The summed E-state index contributed by atoms with van der Waals surface area (Å²) in [6.45, 7) is 9.40. The number of piperidine rings is 1. The highest BCUT2D eigenvalue weighted by Gasteiger charge is 2.20. The molecule has 1 aliphatic rings. The summed E-state index contributed by atoms with van der Waals surface area (Å²) < 4.78 is 0. The Balaban J connectivity index is 1.53. The Morgan fingerprint density at radius 3 is 2.80 bits per heavy atom. The normalized spacial score (nSPS) is 17.9. The molecule has 2 heterocycles. The van der Waals surface area contributed by atoms with Gasteiger partial charge in [0.2, 0.25) is 0 Å². The molecule has 4 heteroatoms. The zero-order chi connectivity index (χ0) is 14.2. The van der Waals surface area contributed by atoms with Gasteiger partial charge in [0, 0.05) is 30.6 Å². The predicted molar refractivity (Wildman–Crippen MR) is 88.7 cm³/mol. The summed E-state index contributed by atoms with van der Waals surface area (Å²) in [6.07, 6.45) is 3.83. The molecule has 0 radical (unpaired) electrons. The second kappa shape index (κ2) is 8.78. The molecular weight excluding hydrogens is 266 g/mol. The number of thiophene rings is 1. The van der Waals surface area contributed by atoms with Gasteiger partial charge in [-0.3, -0.25) is 0 Å². The van der Waals surface area contributed by atoms with Gasteiger partial charge in [0.25, 0.3) is 0 Å². The number of likely N-dealkylation sites (tertiary alicyclic amines) is 1. The molecule has 0 saturated carbocycles. The number of rotatable bonds is 8. The third kappa shape index (κ3) is 5.17. The van der Waals surface area contributed by atoms with E-state index in [4.69, 9.17) is 0 Å². The van der Waals surface area contributed by atoms with Gasteiger partial charge in [-0.25, -0.2) is 0 Å². The monoisotopic (exact) mass is 295 g/mol. The minimum absolute atomic E-state index is 0.789. The Labute approximate surface area is 128 Å². The van der Waals surface area contributed by atoms with Crippen molar-refractivity contribution in [2.24, 2.45) is 0 Å². The SMILES string of the molecule is CCN1CCC(N(C)CCNCCc2cccs2)CC1. The minimum atomic E-state index is 0.789. The molecule has 1 aliphatic heterocycles. The van der Waals surface area contributed by atoms with E-state index in [1.54, 1.807) is 0 Å². The van der Waals surface area contributed by atoms with Crippen LogP contribution in [0.1, 0.15) is 24.6 Å². The molecule has 114 valence electrons. The van der Waals surface area contributed by atoms with Gasteiger partial charge < -0.3 is 15.1 Å². The summed E-state index contributed by atoms with van der Waals surface area (Å²) in [5.41, 5.74) is 0. The van der Waals surface area contributed by atoms with Crippen LogP contribution in [0.15, 0.2) is 17.5 Å². The van der Waals surface area contributed by atoms with Crippen molar-refractivity contribution < 1.29 is 0 Å². The van der Waals surface area contributed by atoms with Crippen LogP contribution in [0.2, 0.25) is 0 Å². The zero-order valence-corrected chi connectivity index (χ0v) is 13.8. The minimum Gasteiger partial charge on any atom is -0.315 e. The van der Waals surface area contributed by atoms with E-state index in [0.29, 0.717) is 0 Å². The van der Waals surface area contributed by atoms with Gasteiger partial charge in [0.05, 0.1) is 0 Å². The fourth-order valence-electron chi connectivity index (χ4n) is 2.91. The van der Waals surface area contributed by atoms with Crippen LogP contribution in [0.4, 0.5) is 0 Å². The molecule has 0 bridgehead atoms. The molecule has 3 nitrogen and oxygen atoms in total. The van der Waals surface area contributed by atoms with E-state index in [0.717, 1.165) is 25.6 Å². The van der Waals surface area contributed by atoms with E-state index in [1.165, 1.54) is 43.9 Å². The van der Waals surface area contributed by atoms with Crippen LogP contribution in [-0.4, -0.2) is 62.2 Å². The van der Waals surface area contributed by atoms with Crippen LogP contribution in [0, 0.1) is 0 Å². The van der Waals surface area contributed by atoms with Gasteiger partial charge in [-0.05, 0) is 57.4 Å². The number of hydrogen-bond acceptors (Lipinski definition) is 4. The maximum atomic E-state index is 3.57. The van der Waals surface area contributed by atoms with E-state index < -0.39 is 0 Å². The second-order valence-electron chi connectivity index (χ2n) is 5.73. The van der Waals surface area contributed by atoms with Crippen molar-refractivity contribution in [3.8, 4) is 0 Å². The quantitative estimate of drug-likeness (QED) is 0.743. The largest absolute Gasteiger partial charge is 0.315 e. The zero-order valence-electron chi connectivity index (χ0n) is 13.0. The fraction of sp³-hybridized carbons (Fsp3) is 0.750. The third-order valence-electron chi connectivity index (χ3n) is 4.40. The van der Waals surface area contributed by atoms with Crippen LogP contribution in [0.3, 0.4) is 0 Å². The van der Waals surface area contributed by atoms with Crippen molar-refractivity contribution in [3.05, 3.63) is 22.4 Å². The summed E-state index contributed by atoms with van der Waals surface area (Å²) in [5, 5.41) is 5.73. The van der Waals surface area contributed by atoms with Crippen LogP contribution in [0.5, 0.6) is 0 Å². The first-order chi connectivity index (χ1) is 9.79. The average molecular weight is 295 g/mol. The van der Waals surface area contributed by atoms with Gasteiger partial charge in [0.1, 0.15) is 0 Å². The van der Waals surface area contributed by atoms with Gasteiger partial charge in [-0.1, -0.05) is 13.0 Å². The molecule has 1 saturated heterocycles. The predicted octanol–water partition coefficient (Wildman–Crippen LogP) is 2.30. The van der Waals surface area contributed by atoms with Gasteiger partial charge in [-0.15, -0.1) is 11.3 Å². The van der Waals surface area contributed by atoms with Gasteiger partial charge in [-0.2, -0.15) is 0 Å². The first-order valence-corrected chi connectivity index (χ1v) is 8.83. The first-order valence-electron chi connectivity index (χ1n) is 7.95. The van der Waals surface area contributed by atoms with E-state index in [9.17, 15) is 0 Å². The number of hydrogen-bond donors (Lipinski definition) is 1. The second-order valence-corrected chi connectivity index (χ2v) is 6.76. The molecule has 1 N–H and O–H groups in total. The standard InChI is InChI=1S/C16H29N3S/c1-3-19-11-7-15(8-12-19)18(2)13-10-17-9-6-16-5-4-14-20-16/h4-5,14-15,17H,3,6-13H2,1-2H3. The lowest BCUT2D eigenvalue weighted by Crippen LogP contribution is -2.45. The highest BCUT2D eigenvalue weighted by atomic mass is 32.1. The number of likely N-dealkylation sites (N-methyl/N-ethyl adjacent to an activating group) is 1. The Morgan fingerprint density at radius 2 is 2.15 bits per heavy atom. The molecular formula is C16H29N3S. The van der Waals surface area contributed by atoms with Crippen molar-refractivity contribution in [2.75, 3.05) is 46.3 Å². The molecule has 0 aromatic carbocycles. The first kappa shape index (κ1) is 16.0. The van der Waals surface area contributed by atoms with Crippen molar-refractivity contribution in [1.29, 1.82) is 0 Å². The van der Waals surface area contributed by atoms with Gasteiger partial charge >= 0.3 is 0 Å². The molecule has 0 atom stereocenters. The van der Waals surface area contributed by atoms with Crippen molar-refractivity contribution >= 4 is 11.3 Å². The maximum Gasteiger partial charge on any atom is 0.0117 e. The van der Waals surface area contributed by atoms with E-state index in [2.05, 4.69) is 46.6 Å². The van der Waals surface area contributed by atoms with E-state index in [1.807, 2.05) is 11.3 Å². The molecule has 0 unspecified atom stereocenters. The Bertz CT molecular complexity index is 345. The summed E-state index contributed by atoms with van der Waals surface area (Å²) in [4.78, 5) is 6.59. The lowest BCUT2D eigenvalue weighted by atomic mass is 10.0. The van der Waals surface area contributed by atoms with Crippen LogP contribution >= 0.6 is 11.3 Å². The number of nitrogens with one attached hydrogen (secondary N) is 1. The third-order valence-corrected chi connectivity index (χ3v) is 5.33. The van der Waals surface area contributed by atoms with Gasteiger partial charge in [0.15, 0.2) is 0 Å². The van der Waals surface area contributed by atoms with Crippen molar-refractivity contribution in [2.45, 2.75) is 32.2 Å². The lowest BCUT2D eigenvalue weighted by molar-refractivity contribution is 0.132. The molecule has 2 rings (SSSR count). The Morgan fingerprint density at radius 1 is 1.35 bits per heavy atom. The highest BCUT2D eigenvalue weighted by Crippen LogP contribution is 2.14. The summed E-state index contributed by atoms with van der Waals surface area (Å²) in [7, 11) is 2.28. The summed E-state index contributed by atoms with van der Waals surface area (Å²) >= 11 is 1.86. The lowest BCUT2D eigenvalue weighted by Gasteiger charge is -2.36. The van der Waals surface area contributed by atoms with Crippen molar-refractivity contribution in [1.82, 2.24) is 15.1 Å². The molecule has 0 aliphatic carbocycles. The Kier molecular flexibility index (Phi) is 7.00. The topological polar surface area (TPSA) is 18.5 Å². The number of nitrogens with zero attached hydrogens (tertiary/aromatic N) is 2. The smallest absolute Gasteiger partial charge is 0.0117 e. The van der Waals surface area contributed by atoms with Crippen LogP contribution in [-0.2, 0) is 6.42 Å². The van der Waals surface area contributed by atoms with Crippen LogP contribution in [0.25, 0.3) is 0 Å². The molecule has 0 amide bonds. The molecule has 1 aromatic heterocycles. The summed E-state index contributed by atoms with van der Waals surface area (Å²) in [5.74, 6) is 0. The fourth-order valence-corrected chi connectivity index (χ4v) is 3.61. The molecule has 1 fully saturated rings. The van der Waals surface area contributed by atoms with Crippen LogP contribution < -0.4 is 5.32 Å². The molecule has 1 aromatic rings. The highest BCUT2D eigenvalue weighted by molar-refractivity contribution is 7.09. The maximum absolute atomic E-state index is 3.57. The van der Waals surface area contributed by atoms with E-state index >= 15 is 0 Å². The van der Waals surface area contributed by atoms with Crippen molar-refractivity contribution in [3.63, 3.8) is 0 Å². The average Bonchev–Trinajstić information content (AvgIpc) is 3.00. The summed E-state index contributed by atoms with van der Waals surface area (Å²) in [6, 6.07) is 5.15. The Hall–Kier alpha value is -0.420. The molecule has 0 spiro atoms. The van der Waals surface area contributed by atoms with E-state index in [-0.39, 0.29) is 0 Å². The molecule has 20 heavy (non-hydrogen) atoms.